The first kappa shape index (κ1) is 29.7. The second kappa shape index (κ2) is 15.5. The summed E-state index contributed by atoms with van der Waals surface area (Å²) in [6, 6.07) is 22.3. The summed E-state index contributed by atoms with van der Waals surface area (Å²) < 4.78 is 16.9. The van der Waals surface area contributed by atoms with Gasteiger partial charge in [0.2, 0.25) is 5.91 Å². The number of methoxy groups -OCH3 is 1. The number of nitrogens with zero attached hydrogens (tertiary/aromatic N) is 1. The number of allylic oxidation sites excluding steroid dienone is 1. The van der Waals surface area contributed by atoms with E-state index in [4.69, 9.17) is 30.3 Å². The summed E-state index contributed by atoms with van der Waals surface area (Å²) in [7, 11) is 1.52. The average molecular weight is 545 g/mol. The van der Waals surface area contributed by atoms with Gasteiger partial charge in [-0.25, -0.2) is 4.79 Å². The Morgan fingerprint density at radius 3 is 2.42 bits per heavy atom. The summed E-state index contributed by atoms with van der Waals surface area (Å²) in [5, 5.41) is 23.4. The van der Waals surface area contributed by atoms with E-state index in [0.717, 1.165) is 0 Å². The minimum absolute atomic E-state index is 0.112. The van der Waals surface area contributed by atoms with Crippen LogP contribution in [0.15, 0.2) is 84.9 Å². The number of nitrogens with two attached hydrogens (primary N) is 1. The highest BCUT2D eigenvalue weighted by Gasteiger charge is 2.27. The van der Waals surface area contributed by atoms with Crippen LogP contribution in [-0.2, 0) is 14.3 Å². The van der Waals surface area contributed by atoms with Crippen molar-refractivity contribution in [3.8, 4) is 11.8 Å². The normalized spacial score (nSPS) is 12.2. The molecule has 0 fully saturated rings. The van der Waals surface area contributed by atoms with Gasteiger partial charge in [-0.05, 0) is 73.0 Å². The molecule has 10 nitrogen and oxygen atoms in total. The number of rotatable bonds is 13. The average Bonchev–Trinajstić information content (AvgIpc) is 2.97. The largest absolute Gasteiger partial charge is 0.491 e. The van der Waals surface area contributed by atoms with Gasteiger partial charge in [-0.1, -0.05) is 30.3 Å². The lowest BCUT2D eigenvalue weighted by molar-refractivity contribution is -0.111. The summed E-state index contributed by atoms with van der Waals surface area (Å²) in [5.74, 6) is 0.237. The van der Waals surface area contributed by atoms with Crippen LogP contribution in [-0.4, -0.2) is 43.5 Å². The van der Waals surface area contributed by atoms with E-state index in [9.17, 15) is 9.59 Å². The molecule has 5 N–H and O–H groups in total. The molecule has 2 atom stereocenters. The molecule has 3 rings (SSSR count). The topological polar surface area (TPSA) is 156 Å². The Labute approximate surface area is 233 Å². The van der Waals surface area contributed by atoms with E-state index in [1.165, 1.54) is 13.2 Å². The molecule has 40 heavy (non-hydrogen) atoms. The third-order valence-corrected chi connectivity index (χ3v) is 5.81. The Hall–Kier alpha value is -4.85. The van der Waals surface area contributed by atoms with E-state index >= 15 is 0 Å². The minimum Gasteiger partial charge on any atom is -0.491 e. The summed E-state index contributed by atoms with van der Waals surface area (Å²) >= 11 is 0. The summed E-state index contributed by atoms with van der Waals surface area (Å²) in [4.78, 5) is 25.1. The molecule has 3 aromatic rings. The zero-order chi connectivity index (χ0) is 28.7. The Morgan fingerprint density at radius 1 is 1.05 bits per heavy atom. The molecule has 0 radical (unpaired) electrons. The van der Waals surface area contributed by atoms with Gasteiger partial charge < -0.3 is 30.4 Å². The zero-order valence-corrected chi connectivity index (χ0v) is 22.1. The Kier molecular flexibility index (Phi) is 11.5. The SMILES string of the molecule is CO[C@@H](CC/C=C/C(=O)Nc1ccccc1N)[C@@H](OC(=O)Nc1ccc(C#N)cc1)c1ccc(OCCO)cc1. The standard InChI is InChI=1S/C30H32N4O6/c1-38-27(8-4-5-9-28(36)34-26-7-3-2-6-25(26)32)29(22-12-16-24(17-13-22)39-19-18-35)40-30(37)33-23-14-10-21(20-31)11-15-23/h2-3,5-7,9-17,27,29,35H,4,8,18-19,32H2,1H3,(H,33,37)(H,34,36)/b9-5+/t27-,29-/m0/s1. The third kappa shape index (κ3) is 9.16. The molecule has 2 amide bonds. The van der Waals surface area contributed by atoms with E-state index in [0.29, 0.717) is 46.8 Å². The first-order valence-corrected chi connectivity index (χ1v) is 12.6. The number of amides is 2. The lowest BCUT2D eigenvalue weighted by atomic mass is 10.00. The molecule has 208 valence electrons. The highest BCUT2D eigenvalue weighted by atomic mass is 16.6. The van der Waals surface area contributed by atoms with Crippen molar-refractivity contribution in [2.75, 3.05) is 36.7 Å². The molecule has 10 heteroatoms. The summed E-state index contributed by atoms with van der Waals surface area (Å²) in [5.41, 5.74) is 8.47. The predicted octanol–water partition coefficient (Wildman–Crippen LogP) is 4.79. The van der Waals surface area contributed by atoms with Crippen LogP contribution in [0, 0.1) is 11.3 Å². The van der Waals surface area contributed by atoms with Crippen LogP contribution >= 0.6 is 0 Å². The maximum Gasteiger partial charge on any atom is 0.412 e. The molecule has 3 aromatic carbocycles. The first-order valence-electron chi connectivity index (χ1n) is 12.6. The number of ether oxygens (including phenoxy) is 3. The van der Waals surface area contributed by atoms with E-state index in [-0.39, 0.29) is 19.1 Å². The minimum atomic E-state index is -0.790. The molecule has 0 heterocycles. The molecule has 0 saturated heterocycles. The second-order valence-corrected chi connectivity index (χ2v) is 8.61. The van der Waals surface area contributed by atoms with Crippen LogP contribution < -0.4 is 21.1 Å². The van der Waals surface area contributed by atoms with Crippen molar-refractivity contribution in [1.82, 2.24) is 0 Å². The molecule has 0 aliphatic heterocycles. The molecule has 0 bridgehead atoms. The molecular weight excluding hydrogens is 512 g/mol. The van der Waals surface area contributed by atoms with Crippen molar-refractivity contribution in [2.24, 2.45) is 0 Å². The van der Waals surface area contributed by atoms with Crippen molar-refractivity contribution in [3.05, 3.63) is 96.1 Å². The van der Waals surface area contributed by atoms with Crippen LogP contribution in [0.4, 0.5) is 21.9 Å². The number of hydrogen-bond donors (Lipinski definition) is 4. The van der Waals surface area contributed by atoms with Crippen LogP contribution in [0.1, 0.15) is 30.1 Å². The quantitative estimate of drug-likeness (QED) is 0.177. The van der Waals surface area contributed by atoms with Gasteiger partial charge in [-0.15, -0.1) is 0 Å². The van der Waals surface area contributed by atoms with E-state index in [1.54, 1.807) is 78.9 Å². The number of carbonyl (C=O) groups is 2. The number of carbonyl (C=O) groups excluding carboxylic acids is 2. The molecule has 0 unspecified atom stereocenters. The second-order valence-electron chi connectivity index (χ2n) is 8.61. The fourth-order valence-electron chi connectivity index (χ4n) is 3.80. The van der Waals surface area contributed by atoms with Crippen molar-refractivity contribution in [2.45, 2.75) is 25.0 Å². The van der Waals surface area contributed by atoms with Crippen LogP contribution in [0.2, 0.25) is 0 Å². The number of nitrogens with one attached hydrogen (secondary N) is 2. The number of hydrogen-bond acceptors (Lipinski definition) is 8. The number of aliphatic hydroxyl groups is 1. The van der Waals surface area contributed by atoms with E-state index in [1.807, 2.05) is 6.07 Å². The number of benzene rings is 3. The van der Waals surface area contributed by atoms with Gasteiger partial charge in [-0.2, -0.15) is 5.26 Å². The number of nitrogen functional groups attached to an aromatic ring is 1. The maximum atomic E-state index is 12.8. The number of anilines is 3. The predicted molar refractivity (Wildman–Crippen MR) is 152 cm³/mol. The fourth-order valence-corrected chi connectivity index (χ4v) is 3.80. The van der Waals surface area contributed by atoms with E-state index < -0.39 is 18.3 Å². The monoisotopic (exact) mass is 544 g/mol. The smallest absolute Gasteiger partial charge is 0.412 e. The molecular formula is C30H32N4O6. The summed E-state index contributed by atoms with van der Waals surface area (Å²) in [6.07, 6.45) is 1.99. The highest BCUT2D eigenvalue weighted by molar-refractivity contribution is 6.01. The number of nitriles is 1. The molecule has 0 aromatic heterocycles. The van der Waals surface area contributed by atoms with Crippen molar-refractivity contribution in [1.29, 1.82) is 5.26 Å². The molecule has 0 saturated carbocycles. The third-order valence-electron chi connectivity index (χ3n) is 5.81. The van der Waals surface area contributed by atoms with Crippen LogP contribution in [0.3, 0.4) is 0 Å². The van der Waals surface area contributed by atoms with E-state index in [2.05, 4.69) is 10.6 Å². The van der Waals surface area contributed by atoms with Gasteiger partial charge in [0.05, 0.1) is 35.7 Å². The van der Waals surface area contributed by atoms with Gasteiger partial charge in [0.25, 0.3) is 0 Å². The molecule has 0 spiro atoms. The summed E-state index contributed by atoms with van der Waals surface area (Å²) in [6.45, 7) is 0.0444. The zero-order valence-electron chi connectivity index (χ0n) is 22.1. The van der Waals surface area contributed by atoms with Gasteiger partial charge >= 0.3 is 6.09 Å². The molecule has 0 aliphatic rings. The highest BCUT2D eigenvalue weighted by Crippen LogP contribution is 2.29. The fraction of sp³-hybridized carbons (Fsp3) is 0.233. The Bertz CT molecular complexity index is 1320. The van der Waals surface area contributed by atoms with Crippen molar-refractivity contribution >= 4 is 29.1 Å². The Balaban J connectivity index is 1.68. The number of aliphatic hydroxyl groups excluding tert-OH is 1. The van der Waals surface area contributed by atoms with Gasteiger partial charge in [0.15, 0.2) is 6.10 Å². The lowest BCUT2D eigenvalue weighted by Gasteiger charge is -2.26. The van der Waals surface area contributed by atoms with Crippen LogP contribution in [0.5, 0.6) is 5.75 Å². The number of para-hydroxylation sites is 2. The van der Waals surface area contributed by atoms with Gasteiger partial charge in [0, 0.05) is 12.8 Å². The van der Waals surface area contributed by atoms with Gasteiger partial charge in [-0.3, -0.25) is 10.1 Å². The van der Waals surface area contributed by atoms with Gasteiger partial charge in [0.1, 0.15) is 12.4 Å². The van der Waals surface area contributed by atoms with Crippen molar-refractivity contribution in [3.63, 3.8) is 0 Å². The Morgan fingerprint density at radius 2 is 1.77 bits per heavy atom. The maximum absolute atomic E-state index is 12.8. The van der Waals surface area contributed by atoms with Crippen LogP contribution in [0.25, 0.3) is 0 Å². The first-order chi connectivity index (χ1) is 19.4. The molecule has 0 aliphatic carbocycles. The lowest BCUT2D eigenvalue weighted by Crippen LogP contribution is -2.28. The van der Waals surface area contributed by atoms with Crippen molar-refractivity contribution < 1.29 is 28.9 Å².